The average molecular weight is 284 g/mol. The summed E-state index contributed by atoms with van der Waals surface area (Å²) in [5, 5.41) is 2.89. The maximum Gasteiger partial charge on any atom is 0.0731 e. The molecule has 0 saturated heterocycles. The number of benzene rings is 2. The maximum atomic E-state index is 6.29. The van der Waals surface area contributed by atoms with Crippen molar-refractivity contribution in [3.05, 3.63) is 77.1 Å². The third kappa shape index (κ3) is 2.27. The second-order valence-corrected chi connectivity index (χ2v) is 4.97. The molecule has 100 valence electrons. The molecule has 4 heteroatoms. The van der Waals surface area contributed by atoms with E-state index in [0.29, 0.717) is 5.02 Å². The van der Waals surface area contributed by atoms with Crippen LogP contribution in [0.25, 0.3) is 10.8 Å². The molecular formula is C16H14ClN3. The van der Waals surface area contributed by atoms with Gasteiger partial charge in [0.25, 0.3) is 0 Å². The molecule has 3 N–H and O–H groups in total. The Morgan fingerprint density at radius 2 is 1.80 bits per heavy atom. The van der Waals surface area contributed by atoms with Crippen LogP contribution < -0.4 is 11.3 Å². The molecule has 3 nitrogen and oxygen atoms in total. The fourth-order valence-corrected chi connectivity index (χ4v) is 2.69. The van der Waals surface area contributed by atoms with Crippen LogP contribution in [0.2, 0.25) is 5.02 Å². The molecule has 0 saturated carbocycles. The molecule has 3 rings (SSSR count). The highest BCUT2D eigenvalue weighted by atomic mass is 35.5. The van der Waals surface area contributed by atoms with Crippen LogP contribution >= 0.6 is 11.6 Å². The zero-order valence-corrected chi connectivity index (χ0v) is 11.5. The van der Waals surface area contributed by atoms with Crippen LogP contribution in [0.3, 0.4) is 0 Å². The minimum atomic E-state index is -0.170. The van der Waals surface area contributed by atoms with Crippen molar-refractivity contribution in [3.8, 4) is 0 Å². The summed E-state index contributed by atoms with van der Waals surface area (Å²) in [4.78, 5) is 4.20. The zero-order valence-electron chi connectivity index (χ0n) is 10.8. The molecule has 0 bridgehead atoms. The third-order valence-electron chi connectivity index (χ3n) is 3.41. The minimum absolute atomic E-state index is 0.170. The second kappa shape index (κ2) is 5.59. The minimum Gasteiger partial charge on any atom is -0.271 e. The number of hydrogen-bond acceptors (Lipinski definition) is 3. The van der Waals surface area contributed by atoms with E-state index in [0.717, 1.165) is 21.9 Å². The number of pyridine rings is 1. The van der Waals surface area contributed by atoms with Gasteiger partial charge in [-0.05, 0) is 28.6 Å². The summed E-state index contributed by atoms with van der Waals surface area (Å²) in [6, 6.07) is 15.6. The number of aromatic nitrogens is 1. The number of fused-ring (bicyclic) bond motifs is 1. The second-order valence-electron chi connectivity index (χ2n) is 4.57. The van der Waals surface area contributed by atoms with Crippen LogP contribution in [-0.2, 0) is 0 Å². The lowest BCUT2D eigenvalue weighted by molar-refractivity contribution is 0.641. The van der Waals surface area contributed by atoms with E-state index in [1.807, 2.05) is 48.7 Å². The van der Waals surface area contributed by atoms with Gasteiger partial charge in [0.15, 0.2) is 0 Å². The van der Waals surface area contributed by atoms with Crippen molar-refractivity contribution in [2.45, 2.75) is 6.04 Å². The Morgan fingerprint density at radius 3 is 2.60 bits per heavy atom. The summed E-state index contributed by atoms with van der Waals surface area (Å²) in [6.07, 6.45) is 3.64. The number of nitrogens with two attached hydrogens (primary N) is 1. The van der Waals surface area contributed by atoms with E-state index in [-0.39, 0.29) is 6.04 Å². The standard InChI is InChI=1S/C16H14ClN3/c17-15-7-2-1-5-13(15)16(20-18)12-6-3-4-11-8-9-19-10-14(11)12/h1-10,16,20H,18H2. The third-order valence-corrected chi connectivity index (χ3v) is 3.76. The Hall–Kier alpha value is -1.94. The Bertz CT molecular complexity index is 737. The van der Waals surface area contributed by atoms with Crippen molar-refractivity contribution >= 4 is 22.4 Å². The fourth-order valence-electron chi connectivity index (χ4n) is 2.45. The Kier molecular flexibility index (Phi) is 3.65. The quantitative estimate of drug-likeness (QED) is 0.572. The molecule has 0 radical (unpaired) electrons. The first-order chi connectivity index (χ1) is 9.81. The van der Waals surface area contributed by atoms with Crippen molar-refractivity contribution in [1.29, 1.82) is 0 Å². The number of hydrogen-bond donors (Lipinski definition) is 2. The van der Waals surface area contributed by atoms with E-state index >= 15 is 0 Å². The highest BCUT2D eigenvalue weighted by Gasteiger charge is 2.17. The summed E-state index contributed by atoms with van der Waals surface area (Å²) >= 11 is 6.29. The van der Waals surface area contributed by atoms with Gasteiger partial charge in [-0.3, -0.25) is 10.8 Å². The first-order valence-corrected chi connectivity index (χ1v) is 6.72. The van der Waals surface area contributed by atoms with Gasteiger partial charge in [-0.2, -0.15) is 0 Å². The number of hydrazine groups is 1. The van der Waals surface area contributed by atoms with Crippen molar-refractivity contribution in [2.24, 2.45) is 5.84 Å². The molecule has 3 aromatic rings. The molecule has 1 aromatic heterocycles. The van der Waals surface area contributed by atoms with Gasteiger partial charge in [-0.25, -0.2) is 5.43 Å². The lowest BCUT2D eigenvalue weighted by Gasteiger charge is -2.19. The van der Waals surface area contributed by atoms with Crippen molar-refractivity contribution in [1.82, 2.24) is 10.4 Å². The van der Waals surface area contributed by atoms with Gasteiger partial charge in [0.1, 0.15) is 0 Å². The van der Waals surface area contributed by atoms with Crippen LogP contribution in [-0.4, -0.2) is 4.98 Å². The number of rotatable bonds is 3. The van der Waals surface area contributed by atoms with E-state index < -0.39 is 0 Å². The fraction of sp³-hybridized carbons (Fsp3) is 0.0625. The smallest absolute Gasteiger partial charge is 0.0731 e. The monoisotopic (exact) mass is 283 g/mol. The molecule has 1 atom stereocenters. The Labute approximate surface area is 122 Å². The highest BCUT2D eigenvalue weighted by molar-refractivity contribution is 6.31. The Morgan fingerprint density at radius 1 is 1.00 bits per heavy atom. The molecule has 0 aliphatic carbocycles. The van der Waals surface area contributed by atoms with Crippen molar-refractivity contribution < 1.29 is 0 Å². The first kappa shape index (κ1) is 13.1. The van der Waals surface area contributed by atoms with E-state index in [2.05, 4.69) is 16.5 Å². The lowest BCUT2D eigenvalue weighted by Crippen LogP contribution is -2.29. The van der Waals surface area contributed by atoms with Crippen LogP contribution in [0.4, 0.5) is 0 Å². The van der Waals surface area contributed by atoms with E-state index in [1.165, 1.54) is 0 Å². The molecule has 0 fully saturated rings. The molecule has 0 aliphatic rings. The highest BCUT2D eigenvalue weighted by Crippen LogP contribution is 2.31. The summed E-state index contributed by atoms with van der Waals surface area (Å²) in [5.41, 5.74) is 4.87. The van der Waals surface area contributed by atoms with Gasteiger partial charge in [0.2, 0.25) is 0 Å². The summed E-state index contributed by atoms with van der Waals surface area (Å²) < 4.78 is 0. The van der Waals surface area contributed by atoms with E-state index in [4.69, 9.17) is 17.4 Å². The van der Waals surface area contributed by atoms with Crippen LogP contribution in [0.15, 0.2) is 60.9 Å². The van der Waals surface area contributed by atoms with Crippen LogP contribution in [0.5, 0.6) is 0 Å². The molecule has 2 aromatic carbocycles. The number of nitrogens with zero attached hydrogens (tertiary/aromatic N) is 1. The molecular weight excluding hydrogens is 270 g/mol. The lowest BCUT2D eigenvalue weighted by atomic mass is 9.95. The van der Waals surface area contributed by atoms with Gasteiger partial charge < -0.3 is 0 Å². The topological polar surface area (TPSA) is 50.9 Å². The molecule has 1 heterocycles. The largest absolute Gasteiger partial charge is 0.271 e. The van der Waals surface area contributed by atoms with Crippen molar-refractivity contribution in [2.75, 3.05) is 0 Å². The molecule has 0 aliphatic heterocycles. The predicted molar refractivity (Wildman–Crippen MR) is 82.4 cm³/mol. The molecule has 1 unspecified atom stereocenters. The Balaban J connectivity index is 2.20. The first-order valence-electron chi connectivity index (χ1n) is 6.34. The molecule has 20 heavy (non-hydrogen) atoms. The summed E-state index contributed by atoms with van der Waals surface area (Å²) in [5.74, 6) is 5.77. The summed E-state index contributed by atoms with van der Waals surface area (Å²) in [7, 11) is 0. The van der Waals surface area contributed by atoms with Gasteiger partial charge in [0, 0.05) is 22.8 Å². The van der Waals surface area contributed by atoms with Crippen molar-refractivity contribution in [3.63, 3.8) is 0 Å². The average Bonchev–Trinajstić information content (AvgIpc) is 2.50. The van der Waals surface area contributed by atoms with Gasteiger partial charge in [-0.15, -0.1) is 0 Å². The van der Waals surface area contributed by atoms with Gasteiger partial charge >= 0.3 is 0 Å². The van der Waals surface area contributed by atoms with Crippen LogP contribution in [0.1, 0.15) is 17.2 Å². The van der Waals surface area contributed by atoms with E-state index in [1.54, 1.807) is 6.20 Å². The number of nitrogens with one attached hydrogen (secondary N) is 1. The summed E-state index contributed by atoms with van der Waals surface area (Å²) in [6.45, 7) is 0. The predicted octanol–water partition coefficient (Wildman–Crippen LogP) is 3.44. The van der Waals surface area contributed by atoms with E-state index in [9.17, 15) is 0 Å². The SMILES string of the molecule is NNC(c1ccccc1Cl)c1cccc2ccncc12. The molecule has 0 spiro atoms. The van der Waals surface area contributed by atoms with Gasteiger partial charge in [-0.1, -0.05) is 48.0 Å². The normalized spacial score (nSPS) is 12.5. The van der Waals surface area contributed by atoms with Crippen LogP contribution in [0, 0.1) is 0 Å². The molecule has 0 amide bonds. The zero-order chi connectivity index (χ0) is 13.9. The maximum absolute atomic E-state index is 6.29. The van der Waals surface area contributed by atoms with Gasteiger partial charge in [0.05, 0.1) is 6.04 Å². The number of halogens is 1.